The van der Waals surface area contributed by atoms with Crippen LogP contribution >= 0.6 is 0 Å². The topological polar surface area (TPSA) is 58.6 Å². The average molecular weight is 366 g/mol. The Kier molecular flexibility index (Phi) is 6.47. The van der Waals surface area contributed by atoms with E-state index in [0.29, 0.717) is 26.1 Å². The standard InChI is InChI=1S/C22H26N2O3/c1-2-3-15-27-19-11-9-17(10-12-19)16-23-21(25)20-13-14-24(22(20)26)18-7-5-4-6-8-18/h4-12,20H,2-3,13-16H2,1H3,(H,23,25)/t20-/m0/s1. The first-order valence-corrected chi connectivity index (χ1v) is 9.55. The number of amides is 2. The van der Waals surface area contributed by atoms with Crippen LogP contribution in [0.1, 0.15) is 31.7 Å². The second-order valence-corrected chi connectivity index (χ2v) is 6.73. The molecule has 2 aromatic carbocycles. The average Bonchev–Trinajstić information content (AvgIpc) is 3.09. The third kappa shape index (κ3) is 4.88. The molecule has 1 saturated heterocycles. The monoisotopic (exact) mass is 366 g/mol. The number of nitrogens with one attached hydrogen (secondary N) is 1. The van der Waals surface area contributed by atoms with Crippen molar-refractivity contribution in [3.05, 3.63) is 60.2 Å². The SMILES string of the molecule is CCCCOc1ccc(CNC(=O)[C@@H]2CCN(c3ccccc3)C2=O)cc1. The second kappa shape index (κ2) is 9.21. The normalized spacial score (nSPS) is 16.4. The molecule has 5 heteroatoms. The fourth-order valence-corrected chi connectivity index (χ4v) is 3.14. The molecule has 1 aliphatic heterocycles. The number of hydrogen-bond acceptors (Lipinski definition) is 3. The van der Waals surface area contributed by atoms with Crippen molar-refractivity contribution >= 4 is 17.5 Å². The predicted molar refractivity (Wildman–Crippen MR) is 106 cm³/mol. The predicted octanol–water partition coefficient (Wildman–Crippen LogP) is 3.53. The molecular weight excluding hydrogens is 340 g/mol. The van der Waals surface area contributed by atoms with Crippen molar-refractivity contribution in [1.82, 2.24) is 5.32 Å². The Bertz CT molecular complexity index is 759. The Morgan fingerprint density at radius 2 is 1.89 bits per heavy atom. The van der Waals surface area contributed by atoms with Crippen LogP contribution in [0.3, 0.4) is 0 Å². The van der Waals surface area contributed by atoms with E-state index in [1.807, 2.05) is 54.6 Å². The first-order chi connectivity index (χ1) is 13.2. The van der Waals surface area contributed by atoms with Crippen LogP contribution in [0.4, 0.5) is 5.69 Å². The summed E-state index contributed by atoms with van der Waals surface area (Å²) in [6.07, 6.45) is 2.68. The highest BCUT2D eigenvalue weighted by Crippen LogP contribution is 2.25. The van der Waals surface area contributed by atoms with Crippen LogP contribution in [0.5, 0.6) is 5.75 Å². The molecule has 0 unspecified atom stereocenters. The van der Waals surface area contributed by atoms with Gasteiger partial charge in [0.1, 0.15) is 11.7 Å². The summed E-state index contributed by atoms with van der Waals surface area (Å²) in [5.74, 6) is -0.107. The van der Waals surface area contributed by atoms with Gasteiger partial charge in [-0.15, -0.1) is 0 Å². The summed E-state index contributed by atoms with van der Waals surface area (Å²) in [5, 5.41) is 2.89. The van der Waals surface area contributed by atoms with Gasteiger partial charge in [0.05, 0.1) is 6.61 Å². The van der Waals surface area contributed by atoms with Gasteiger partial charge in [-0.25, -0.2) is 0 Å². The highest BCUT2D eigenvalue weighted by molar-refractivity contribution is 6.09. The van der Waals surface area contributed by atoms with Gasteiger partial charge in [0.2, 0.25) is 11.8 Å². The maximum absolute atomic E-state index is 12.6. The Morgan fingerprint density at radius 1 is 1.15 bits per heavy atom. The summed E-state index contributed by atoms with van der Waals surface area (Å²) in [6, 6.07) is 17.2. The zero-order chi connectivity index (χ0) is 19.1. The van der Waals surface area contributed by atoms with Crippen LogP contribution in [0.15, 0.2) is 54.6 Å². The molecule has 0 saturated carbocycles. The van der Waals surface area contributed by atoms with Gasteiger partial charge in [0, 0.05) is 18.8 Å². The van der Waals surface area contributed by atoms with Crippen LogP contribution in [-0.2, 0) is 16.1 Å². The largest absolute Gasteiger partial charge is 0.494 e. The van der Waals surface area contributed by atoms with Gasteiger partial charge in [0.25, 0.3) is 0 Å². The lowest BCUT2D eigenvalue weighted by molar-refractivity contribution is -0.132. The molecule has 0 aliphatic carbocycles. The number of benzene rings is 2. The van der Waals surface area contributed by atoms with E-state index >= 15 is 0 Å². The van der Waals surface area contributed by atoms with Crippen LogP contribution in [0, 0.1) is 5.92 Å². The van der Waals surface area contributed by atoms with E-state index in [0.717, 1.165) is 29.8 Å². The molecule has 27 heavy (non-hydrogen) atoms. The number of para-hydroxylation sites is 1. The van der Waals surface area contributed by atoms with Gasteiger partial charge in [-0.3, -0.25) is 9.59 Å². The zero-order valence-electron chi connectivity index (χ0n) is 15.7. The van der Waals surface area contributed by atoms with Crippen molar-refractivity contribution in [3.8, 4) is 5.75 Å². The van der Waals surface area contributed by atoms with Crippen LogP contribution in [-0.4, -0.2) is 25.0 Å². The fourth-order valence-electron chi connectivity index (χ4n) is 3.14. The summed E-state index contributed by atoms with van der Waals surface area (Å²) in [4.78, 5) is 26.7. The van der Waals surface area contributed by atoms with E-state index < -0.39 is 5.92 Å². The third-order valence-corrected chi connectivity index (χ3v) is 4.75. The smallest absolute Gasteiger partial charge is 0.239 e. The number of hydrogen-bond donors (Lipinski definition) is 1. The molecule has 1 aliphatic rings. The molecular formula is C22H26N2O3. The van der Waals surface area contributed by atoms with Crippen LogP contribution in [0.2, 0.25) is 0 Å². The zero-order valence-corrected chi connectivity index (χ0v) is 15.7. The molecule has 0 spiro atoms. The molecule has 3 rings (SSSR count). The minimum atomic E-state index is -0.609. The van der Waals surface area contributed by atoms with Crippen molar-refractivity contribution in [2.75, 3.05) is 18.1 Å². The van der Waals surface area contributed by atoms with Gasteiger partial charge in [-0.1, -0.05) is 43.7 Å². The lowest BCUT2D eigenvalue weighted by Crippen LogP contribution is -2.36. The Morgan fingerprint density at radius 3 is 2.59 bits per heavy atom. The number of nitrogens with zero attached hydrogens (tertiary/aromatic N) is 1. The molecule has 0 bridgehead atoms. The van der Waals surface area contributed by atoms with Gasteiger partial charge in [0.15, 0.2) is 0 Å². The molecule has 1 N–H and O–H groups in total. The summed E-state index contributed by atoms with van der Waals surface area (Å²) < 4.78 is 5.64. The number of carbonyl (C=O) groups is 2. The minimum Gasteiger partial charge on any atom is -0.494 e. The van der Waals surface area contributed by atoms with Crippen LogP contribution in [0.25, 0.3) is 0 Å². The molecule has 1 atom stereocenters. The summed E-state index contributed by atoms with van der Waals surface area (Å²) in [5.41, 5.74) is 1.83. The molecule has 0 radical (unpaired) electrons. The highest BCUT2D eigenvalue weighted by atomic mass is 16.5. The van der Waals surface area contributed by atoms with E-state index in [1.165, 1.54) is 0 Å². The van der Waals surface area contributed by atoms with Gasteiger partial charge in [-0.2, -0.15) is 0 Å². The van der Waals surface area contributed by atoms with Crippen molar-refractivity contribution in [2.45, 2.75) is 32.7 Å². The maximum Gasteiger partial charge on any atom is 0.239 e. The summed E-state index contributed by atoms with van der Waals surface area (Å²) >= 11 is 0. The molecule has 5 nitrogen and oxygen atoms in total. The van der Waals surface area contributed by atoms with E-state index in [-0.39, 0.29) is 11.8 Å². The molecule has 2 amide bonds. The van der Waals surface area contributed by atoms with E-state index in [4.69, 9.17) is 4.74 Å². The molecule has 0 aromatic heterocycles. The van der Waals surface area contributed by atoms with Gasteiger partial charge in [-0.05, 0) is 42.7 Å². The lowest BCUT2D eigenvalue weighted by Gasteiger charge is -2.16. The summed E-state index contributed by atoms with van der Waals surface area (Å²) in [6.45, 7) is 3.82. The van der Waals surface area contributed by atoms with E-state index in [2.05, 4.69) is 12.2 Å². The maximum atomic E-state index is 12.6. The fraction of sp³-hybridized carbons (Fsp3) is 0.364. The Labute approximate surface area is 160 Å². The Hall–Kier alpha value is -2.82. The van der Waals surface area contributed by atoms with E-state index in [9.17, 15) is 9.59 Å². The molecule has 1 fully saturated rings. The minimum absolute atomic E-state index is 0.127. The quantitative estimate of drug-likeness (QED) is 0.574. The molecule has 1 heterocycles. The molecule has 142 valence electrons. The van der Waals surface area contributed by atoms with Crippen molar-refractivity contribution < 1.29 is 14.3 Å². The number of anilines is 1. The summed E-state index contributed by atoms with van der Waals surface area (Å²) in [7, 11) is 0. The van der Waals surface area contributed by atoms with Crippen LogP contribution < -0.4 is 15.0 Å². The van der Waals surface area contributed by atoms with Crippen molar-refractivity contribution in [2.24, 2.45) is 5.92 Å². The number of carbonyl (C=O) groups excluding carboxylic acids is 2. The van der Waals surface area contributed by atoms with Crippen molar-refractivity contribution in [3.63, 3.8) is 0 Å². The number of rotatable bonds is 8. The van der Waals surface area contributed by atoms with Gasteiger partial charge < -0.3 is 15.0 Å². The number of ether oxygens (including phenoxy) is 1. The first-order valence-electron chi connectivity index (χ1n) is 9.55. The van der Waals surface area contributed by atoms with Gasteiger partial charge >= 0.3 is 0 Å². The molecule has 2 aromatic rings. The Balaban J connectivity index is 1.50. The van der Waals surface area contributed by atoms with Crippen molar-refractivity contribution in [1.29, 1.82) is 0 Å². The lowest BCUT2D eigenvalue weighted by atomic mass is 10.1. The number of unbranched alkanes of at least 4 members (excludes halogenated alkanes) is 1. The van der Waals surface area contributed by atoms with E-state index in [1.54, 1.807) is 4.90 Å². The third-order valence-electron chi connectivity index (χ3n) is 4.75. The first kappa shape index (κ1) is 19.0. The highest BCUT2D eigenvalue weighted by Gasteiger charge is 2.37. The second-order valence-electron chi connectivity index (χ2n) is 6.73.